The zero-order valence-electron chi connectivity index (χ0n) is 11.6. The largest absolute Gasteiger partial charge is 0.416 e. The number of alkyl halides is 3. The molecule has 0 unspecified atom stereocenters. The molecule has 2 N–H and O–H groups in total. The van der Waals surface area contributed by atoms with E-state index in [1.54, 1.807) is 12.1 Å². The molecule has 118 valence electrons. The lowest BCUT2D eigenvalue weighted by Gasteiger charge is -2.08. The fourth-order valence-corrected chi connectivity index (χ4v) is 2.00. The van der Waals surface area contributed by atoms with Crippen molar-refractivity contribution in [1.29, 1.82) is 0 Å². The minimum atomic E-state index is -4.41. The first-order chi connectivity index (χ1) is 10.9. The molecule has 0 bridgehead atoms. The molecule has 3 aromatic rings. The Balaban J connectivity index is 1.82. The van der Waals surface area contributed by atoms with E-state index >= 15 is 0 Å². The summed E-state index contributed by atoms with van der Waals surface area (Å²) >= 11 is 0. The number of anilines is 2. The number of nitrogens with one attached hydrogen (secondary N) is 1. The molecule has 8 heteroatoms. The normalized spacial score (nSPS) is 11.4. The molecule has 23 heavy (non-hydrogen) atoms. The Morgan fingerprint density at radius 1 is 1.13 bits per heavy atom. The molecule has 0 radical (unpaired) electrons. The number of pyridine rings is 1. The van der Waals surface area contributed by atoms with Crippen molar-refractivity contribution in [2.75, 3.05) is 5.32 Å². The summed E-state index contributed by atoms with van der Waals surface area (Å²) in [5, 5.41) is 15.9. The van der Waals surface area contributed by atoms with Crippen LogP contribution in [0, 0.1) is 0 Å². The number of nitrogens with zero attached hydrogens (tertiary/aromatic N) is 2. The summed E-state index contributed by atoms with van der Waals surface area (Å²) in [7, 11) is 0. The van der Waals surface area contributed by atoms with Gasteiger partial charge in [0.1, 0.15) is 0 Å². The maximum absolute atomic E-state index is 12.7. The predicted octanol–water partition coefficient (Wildman–Crippen LogP) is 3.63. The molecule has 5 nitrogen and oxygen atoms in total. The molecule has 1 aromatic carbocycles. The molecule has 2 heterocycles. The number of halogens is 3. The number of benzene rings is 1. The SMILES string of the molecule is O[n+]1cccc(-c2cc(Nc3cccc(C(F)(F)F)c3)no2)c1. The van der Waals surface area contributed by atoms with Crippen molar-refractivity contribution in [1.82, 2.24) is 5.16 Å². The van der Waals surface area contributed by atoms with Gasteiger partial charge in [0.2, 0.25) is 12.4 Å². The third-order valence-corrected chi connectivity index (χ3v) is 3.04. The van der Waals surface area contributed by atoms with Gasteiger partial charge in [-0.3, -0.25) is 5.21 Å². The van der Waals surface area contributed by atoms with E-state index in [2.05, 4.69) is 10.5 Å². The van der Waals surface area contributed by atoms with Crippen molar-refractivity contribution in [3.63, 3.8) is 0 Å². The highest BCUT2D eigenvalue weighted by molar-refractivity contribution is 5.63. The Morgan fingerprint density at radius 2 is 1.96 bits per heavy atom. The average Bonchev–Trinajstić information content (AvgIpc) is 2.95. The fraction of sp³-hybridized carbons (Fsp3) is 0.0667. The van der Waals surface area contributed by atoms with Crippen molar-refractivity contribution in [2.24, 2.45) is 0 Å². The summed E-state index contributed by atoms with van der Waals surface area (Å²) in [6.45, 7) is 0. The van der Waals surface area contributed by atoms with Gasteiger partial charge in [-0.25, -0.2) is 0 Å². The third kappa shape index (κ3) is 3.42. The van der Waals surface area contributed by atoms with Gasteiger partial charge >= 0.3 is 6.18 Å². The van der Waals surface area contributed by atoms with Crippen LogP contribution in [0.3, 0.4) is 0 Å². The minimum Gasteiger partial charge on any atom is -0.354 e. The molecule has 0 aliphatic rings. The Kier molecular flexibility index (Phi) is 3.65. The van der Waals surface area contributed by atoms with Crippen LogP contribution in [-0.4, -0.2) is 10.4 Å². The molecule has 0 amide bonds. The van der Waals surface area contributed by atoms with Gasteiger partial charge in [-0.2, -0.15) is 13.2 Å². The van der Waals surface area contributed by atoms with Crippen molar-refractivity contribution < 1.29 is 27.6 Å². The van der Waals surface area contributed by atoms with Gasteiger partial charge in [-0.1, -0.05) is 11.2 Å². The first-order valence-corrected chi connectivity index (χ1v) is 6.54. The quantitative estimate of drug-likeness (QED) is 0.571. The first kappa shape index (κ1) is 14.9. The topological polar surface area (TPSA) is 62.2 Å². The second-order valence-corrected chi connectivity index (χ2v) is 4.75. The molecule has 0 saturated carbocycles. The maximum Gasteiger partial charge on any atom is 0.416 e. The Labute approximate surface area is 128 Å². The Morgan fingerprint density at radius 3 is 2.70 bits per heavy atom. The van der Waals surface area contributed by atoms with E-state index in [1.807, 2.05) is 0 Å². The van der Waals surface area contributed by atoms with Gasteiger partial charge in [-0.15, -0.1) is 0 Å². The lowest BCUT2D eigenvalue weighted by atomic mass is 10.2. The summed E-state index contributed by atoms with van der Waals surface area (Å²) in [5.74, 6) is 0.621. The van der Waals surface area contributed by atoms with Crippen LogP contribution in [0.15, 0.2) is 59.4 Å². The van der Waals surface area contributed by atoms with E-state index < -0.39 is 11.7 Å². The van der Waals surface area contributed by atoms with E-state index in [1.165, 1.54) is 30.6 Å². The van der Waals surface area contributed by atoms with E-state index in [9.17, 15) is 18.4 Å². The summed E-state index contributed by atoms with van der Waals surface area (Å²) in [5.41, 5.74) is 0.0557. The zero-order valence-corrected chi connectivity index (χ0v) is 11.6. The molecule has 3 rings (SSSR count). The van der Waals surface area contributed by atoms with Gasteiger partial charge < -0.3 is 9.84 Å². The lowest BCUT2D eigenvalue weighted by Crippen LogP contribution is -2.28. The second kappa shape index (κ2) is 5.64. The Bertz CT molecular complexity index is 831. The standard InChI is InChI=1S/C15H11F3N3O2/c16-15(17,18)11-4-1-5-12(7-11)19-14-8-13(23-20-14)10-3-2-6-21(22)9-10/h1-9,22H,(H,19,20)/q+1. The maximum atomic E-state index is 12.7. The predicted molar refractivity (Wildman–Crippen MR) is 74.0 cm³/mol. The molecule has 0 spiro atoms. The van der Waals surface area contributed by atoms with E-state index in [0.29, 0.717) is 11.3 Å². The molecular weight excluding hydrogens is 311 g/mol. The number of rotatable bonds is 3. The minimum absolute atomic E-state index is 0.241. The fourth-order valence-electron chi connectivity index (χ4n) is 2.00. The molecule has 2 aromatic heterocycles. The zero-order chi connectivity index (χ0) is 16.4. The lowest BCUT2D eigenvalue weighted by molar-refractivity contribution is -0.904. The van der Waals surface area contributed by atoms with Gasteiger partial charge in [0.15, 0.2) is 11.6 Å². The summed E-state index contributed by atoms with van der Waals surface area (Å²) < 4.78 is 44.0. The van der Waals surface area contributed by atoms with Gasteiger partial charge in [0.25, 0.3) is 0 Å². The van der Waals surface area contributed by atoms with E-state index in [0.717, 1.165) is 16.9 Å². The van der Waals surface area contributed by atoms with Crippen molar-refractivity contribution in [3.8, 4) is 11.3 Å². The first-order valence-electron chi connectivity index (χ1n) is 6.54. The average molecular weight is 322 g/mol. The highest BCUT2D eigenvalue weighted by Crippen LogP contribution is 2.31. The second-order valence-electron chi connectivity index (χ2n) is 4.75. The molecule has 0 fully saturated rings. The van der Waals surface area contributed by atoms with Gasteiger partial charge in [0, 0.05) is 22.6 Å². The van der Waals surface area contributed by atoms with Crippen LogP contribution < -0.4 is 10.0 Å². The van der Waals surface area contributed by atoms with Crippen LogP contribution in [0.1, 0.15) is 5.56 Å². The molecule has 0 saturated heterocycles. The number of hydrogen-bond acceptors (Lipinski definition) is 4. The highest BCUT2D eigenvalue weighted by Gasteiger charge is 2.30. The van der Waals surface area contributed by atoms with Crippen LogP contribution in [-0.2, 0) is 6.18 Å². The number of hydrogen-bond donors (Lipinski definition) is 2. The van der Waals surface area contributed by atoms with Crippen molar-refractivity contribution in [3.05, 3.63) is 60.4 Å². The molecular formula is C15H11F3N3O2+. The van der Waals surface area contributed by atoms with Crippen molar-refractivity contribution >= 4 is 11.5 Å². The van der Waals surface area contributed by atoms with Crippen LogP contribution in [0.25, 0.3) is 11.3 Å². The van der Waals surface area contributed by atoms with Gasteiger partial charge in [0.05, 0.1) is 11.1 Å². The van der Waals surface area contributed by atoms with Crippen LogP contribution in [0.5, 0.6) is 0 Å². The summed E-state index contributed by atoms with van der Waals surface area (Å²) in [6, 6.07) is 9.60. The van der Waals surface area contributed by atoms with E-state index in [4.69, 9.17) is 4.52 Å². The van der Waals surface area contributed by atoms with Crippen molar-refractivity contribution in [2.45, 2.75) is 6.18 Å². The third-order valence-electron chi connectivity index (χ3n) is 3.04. The van der Waals surface area contributed by atoms with Crippen LogP contribution >= 0.6 is 0 Å². The molecule has 0 aliphatic carbocycles. The number of aromatic nitrogens is 2. The molecule has 0 aliphatic heterocycles. The summed E-state index contributed by atoms with van der Waals surface area (Å²) in [4.78, 5) is 0. The monoisotopic (exact) mass is 322 g/mol. The Hall–Kier alpha value is -3.03. The van der Waals surface area contributed by atoms with E-state index in [-0.39, 0.29) is 11.5 Å². The smallest absolute Gasteiger partial charge is 0.354 e. The molecule has 0 atom stereocenters. The highest BCUT2D eigenvalue weighted by atomic mass is 19.4. The van der Waals surface area contributed by atoms with Gasteiger partial charge in [-0.05, 0) is 24.3 Å². The van der Waals surface area contributed by atoms with Crippen LogP contribution in [0.2, 0.25) is 0 Å². The summed E-state index contributed by atoms with van der Waals surface area (Å²) in [6.07, 6.45) is -1.57. The van der Waals surface area contributed by atoms with Crippen LogP contribution in [0.4, 0.5) is 24.7 Å².